The number of aromatic amines is 1. The maximum atomic E-state index is 11.8. The van der Waals surface area contributed by atoms with Crippen LogP contribution in [-0.4, -0.2) is 19.3 Å². The standard InChI is InChI=1S/C10H10BrN2O5P/c1-5(19(16,17)18)13-8-3-2-6(11)4-7(8)12-9(14)10(13)15/h2-5H,1H3,(H,12,14)(H2,16,17,18). The highest BCUT2D eigenvalue weighted by Gasteiger charge is 2.28. The second-order valence-corrected chi connectivity index (χ2v) is 6.85. The molecule has 3 N–H and O–H groups in total. The van der Waals surface area contributed by atoms with Gasteiger partial charge in [0.1, 0.15) is 5.78 Å². The van der Waals surface area contributed by atoms with E-state index in [1.165, 1.54) is 13.0 Å². The van der Waals surface area contributed by atoms with E-state index >= 15 is 0 Å². The third-order valence-corrected chi connectivity index (χ3v) is 4.44. The molecule has 0 radical (unpaired) electrons. The topological polar surface area (TPSA) is 112 Å². The molecule has 2 rings (SSSR count). The molecule has 102 valence electrons. The molecule has 1 unspecified atom stereocenters. The number of benzene rings is 1. The maximum absolute atomic E-state index is 11.8. The van der Waals surface area contributed by atoms with Crippen LogP contribution in [0, 0.1) is 0 Å². The van der Waals surface area contributed by atoms with Crippen LogP contribution in [0.1, 0.15) is 12.7 Å². The second kappa shape index (κ2) is 4.72. The van der Waals surface area contributed by atoms with Gasteiger partial charge in [-0.2, -0.15) is 0 Å². The van der Waals surface area contributed by atoms with Gasteiger partial charge in [0, 0.05) is 4.47 Å². The molecule has 0 aliphatic carbocycles. The number of rotatable bonds is 2. The van der Waals surface area contributed by atoms with E-state index in [9.17, 15) is 23.9 Å². The quantitative estimate of drug-likeness (QED) is 0.556. The molecule has 19 heavy (non-hydrogen) atoms. The van der Waals surface area contributed by atoms with Crippen molar-refractivity contribution in [2.24, 2.45) is 0 Å². The minimum absolute atomic E-state index is 0.253. The fourth-order valence-corrected chi connectivity index (χ4v) is 2.63. The van der Waals surface area contributed by atoms with E-state index in [0.29, 0.717) is 9.99 Å². The molecule has 0 bridgehead atoms. The first-order chi connectivity index (χ1) is 8.71. The molecule has 0 spiro atoms. The van der Waals surface area contributed by atoms with Gasteiger partial charge in [-0.1, -0.05) is 15.9 Å². The van der Waals surface area contributed by atoms with E-state index in [2.05, 4.69) is 20.9 Å². The van der Waals surface area contributed by atoms with Crippen molar-refractivity contribution in [2.45, 2.75) is 12.7 Å². The smallest absolute Gasteiger partial charge is 0.323 e. The molecule has 7 nitrogen and oxygen atoms in total. The summed E-state index contributed by atoms with van der Waals surface area (Å²) in [7, 11) is -4.54. The van der Waals surface area contributed by atoms with E-state index < -0.39 is 24.5 Å². The van der Waals surface area contributed by atoms with Crippen molar-refractivity contribution in [2.75, 3.05) is 0 Å². The lowest BCUT2D eigenvalue weighted by molar-refractivity contribution is 0.346. The van der Waals surface area contributed by atoms with Crippen LogP contribution in [0.5, 0.6) is 0 Å². The van der Waals surface area contributed by atoms with Gasteiger partial charge in [0.15, 0.2) is 0 Å². The Labute approximate surface area is 115 Å². The van der Waals surface area contributed by atoms with Gasteiger partial charge < -0.3 is 14.8 Å². The molecule has 0 saturated carbocycles. The number of halogens is 1. The fraction of sp³-hybridized carbons (Fsp3) is 0.200. The zero-order valence-corrected chi connectivity index (χ0v) is 12.2. The lowest BCUT2D eigenvalue weighted by Gasteiger charge is -2.18. The van der Waals surface area contributed by atoms with Gasteiger partial charge in [-0.05, 0) is 25.1 Å². The van der Waals surface area contributed by atoms with Crippen LogP contribution < -0.4 is 11.1 Å². The first-order valence-electron chi connectivity index (χ1n) is 5.21. The molecule has 0 saturated heterocycles. The number of fused-ring (bicyclic) bond motifs is 1. The van der Waals surface area contributed by atoms with Crippen LogP contribution in [-0.2, 0) is 4.57 Å². The third kappa shape index (κ3) is 2.57. The van der Waals surface area contributed by atoms with Gasteiger partial charge >= 0.3 is 18.7 Å². The minimum atomic E-state index is -4.54. The van der Waals surface area contributed by atoms with Crippen LogP contribution in [0.15, 0.2) is 32.3 Å². The first kappa shape index (κ1) is 14.2. The van der Waals surface area contributed by atoms with Crippen molar-refractivity contribution in [3.05, 3.63) is 43.4 Å². The summed E-state index contributed by atoms with van der Waals surface area (Å²) >= 11 is 3.21. The van der Waals surface area contributed by atoms with Gasteiger partial charge in [0.2, 0.25) is 0 Å². The molecule has 2 aromatic rings. The van der Waals surface area contributed by atoms with Gasteiger partial charge in [0.05, 0.1) is 11.0 Å². The Morgan fingerprint density at radius 1 is 1.37 bits per heavy atom. The number of aromatic nitrogens is 2. The summed E-state index contributed by atoms with van der Waals surface area (Å²) in [6.07, 6.45) is 0. The van der Waals surface area contributed by atoms with E-state index in [4.69, 9.17) is 0 Å². The molecule has 1 heterocycles. The van der Waals surface area contributed by atoms with Gasteiger partial charge in [-0.15, -0.1) is 0 Å². The molecular formula is C10H10BrN2O5P. The number of hydrogen-bond acceptors (Lipinski definition) is 3. The highest BCUT2D eigenvalue weighted by atomic mass is 79.9. The van der Waals surface area contributed by atoms with Crippen molar-refractivity contribution in [1.82, 2.24) is 9.55 Å². The zero-order chi connectivity index (χ0) is 14.4. The highest BCUT2D eigenvalue weighted by Crippen LogP contribution is 2.48. The van der Waals surface area contributed by atoms with Gasteiger partial charge in [0.25, 0.3) is 0 Å². The van der Waals surface area contributed by atoms with Crippen LogP contribution in [0.4, 0.5) is 0 Å². The normalized spacial score (nSPS) is 13.7. The molecule has 0 aliphatic rings. The van der Waals surface area contributed by atoms with E-state index in [1.54, 1.807) is 12.1 Å². The molecule has 1 atom stereocenters. The maximum Gasteiger partial charge on any atom is 0.347 e. The van der Waals surface area contributed by atoms with Gasteiger partial charge in [-0.3, -0.25) is 18.7 Å². The number of H-pyrrole nitrogens is 1. The molecular weight excluding hydrogens is 339 g/mol. The summed E-state index contributed by atoms with van der Waals surface area (Å²) in [4.78, 5) is 44.1. The van der Waals surface area contributed by atoms with Crippen molar-refractivity contribution < 1.29 is 14.4 Å². The summed E-state index contributed by atoms with van der Waals surface area (Å²) in [6.45, 7) is 1.20. The number of hydrogen-bond donors (Lipinski definition) is 3. The largest absolute Gasteiger partial charge is 0.347 e. The van der Waals surface area contributed by atoms with Crippen molar-refractivity contribution in [1.29, 1.82) is 0 Å². The summed E-state index contributed by atoms with van der Waals surface area (Å²) in [5.74, 6) is -1.41. The number of nitrogens with zero attached hydrogens (tertiary/aromatic N) is 1. The lowest BCUT2D eigenvalue weighted by atomic mass is 10.3. The fourth-order valence-electron chi connectivity index (χ4n) is 1.73. The Bertz CT molecular complexity index is 806. The Balaban J connectivity index is 2.93. The van der Waals surface area contributed by atoms with Crippen LogP contribution in [0.2, 0.25) is 0 Å². The lowest BCUT2D eigenvalue weighted by Crippen LogP contribution is -2.37. The Morgan fingerprint density at radius 2 is 2.00 bits per heavy atom. The third-order valence-electron chi connectivity index (χ3n) is 2.74. The SMILES string of the molecule is CC(n1c(=O)c(=O)[nH]c2cc(Br)ccc21)P(=O)(O)O. The average Bonchev–Trinajstić information content (AvgIpc) is 2.29. The zero-order valence-electron chi connectivity index (χ0n) is 9.70. The summed E-state index contributed by atoms with van der Waals surface area (Å²) in [5, 5.41) is 0. The van der Waals surface area contributed by atoms with Crippen molar-refractivity contribution in [3.63, 3.8) is 0 Å². The van der Waals surface area contributed by atoms with E-state index in [1.807, 2.05) is 0 Å². The Hall–Kier alpha value is -1.21. The van der Waals surface area contributed by atoms with Gasteiger partial charge in [-0.25, -0.2) is 0 Å². The van der Waals surface area contributed by atoms with Crippen LogP contribution >= 0.6 is 23.5 Å². The second-order valence-electron chi connectivity index (χ2n) is 4.01. The van der Waals surface area contributed by atoms with E-state index in [0.717, 1.165) is 4.57 Å². The minimum Gasteiger partial charge on any atom is -0.323 e. The molecule has 0 aliphatic heterocycles. The molecule has 0 fully saturated rings. The average molecular weight is 349 g/mol. The number of nitrogens with one attached hydrogen (secondary N) is 1. The summed E-state index contributed by atoms with van der Waals surface area (Å²) < 4.78 is 12.8. The van der Waals surface area contributed by atoms with E-state index in [-0.39, 0.29) is 5.52 Å². The molecule has 9 heteroatoms. The molecule has 1 aromatic heterocycles. The molecule has 0 amide bonds. The predicted molar refractivity (Wildman–Crippen MR) is 73.3 cm³/mol. The molecule has 1 aromatic carbocycles. The van der Waals surface area contributed by atoms with Crippen molar-refractivity contribution >= 4 is 34.6 Å². The predicted octanol–water partition coefficient (Wildman–Crippen LogP) is 1.15. The van der Waals surface area contributed by atoms with Crippen LogP contribution in [0.25, 0.3) is 11.0 Å². The first-order valence-corrected chi connectivity index (χ1v) is 7.68. The van der Waals surface area contributed by atoms with Crippen LogP contribution in [0.3, 0.4) is 0 Å². The highest BCUT2D eigenvalue weighted by molar-refractivity contribution is 9.10. The summed E-state index contributed by atoms with van der Waals surface area (Å²) in [5.41, 5.74) is -1.35. The Morgan fingerprint density at radius 3 is 2.58 bits per heavy atom. The van der Waals surface area contributed by atoms with Crippen molar-refractivity contribution in [3.8, 4) is 0 Å². The summed E-state index contributed by atoms with van der Waals surface area (Å²) in [6, 6.07) is 4.67. The monoisotopic (exact) mass is 348 g/mol. The Kier molecular flexibility index (Phi) is 3.53.